The number of ether oxygens (including phenoxy) is 1. The van der Waals surface area contributed by atoms with Gasteiger partial charge >= 0.3 is 5.97 Å². The number of fused-ring (bicyclic) bond motifs is 1. The van der Waals surface area contributed by atoms with Gasteiger partial charge in [0, 0.05) is 5.75 Å². The maximum Gasteiger partial charge on any atom is 0.354 e. The molecular weight excluding hydrogens is 296 g/mol. The first-order valence-corrected chi connectivity index (χ1v) is 7.33. The predicted molar refractivity (Wildman–Crippen MR) is 72.7 cm³/mol. The smallest absolute Gasteiger partial charge is 0.354 e. The molecule has 1 saturated heterocycles. The number of amides is 1. The van der Waals surface area contributed by atoms with Gasteiger partial charge < -0.3 is 10.5 Å². The minimum absolute atomic E-state index is 0.208. The van der Waals surface area contributed by atoms with Crippen molar-refractivity contribution in [3.8, 4) is 0 Å². The zero-order valence-corrected chi connectivity index (χ0v) is 12.3. The number of carbonyl (C=O) groups is 2. The summed E-state index contributed by atoms with van der Waals surface area (Å²) in [6.45, 7) is 2.01. The number of nitrogens with zero attached hydrogens (tertiary/aromatic N) is 5. The molecule has 0 aromatic carbocycles. The summed E-state index contributed by atoms with van der Waals surface area (Å²) in [4.78, 5) is 26.7. The number of nitrogens with two attached hydrogens (primary N) is 1. The zero-order valence-electron chi connectivity index (χ0n) is 11.5. The number of hydrogen-bond donors (Lipinski definition) is 1. The van der Waals surface area contributed by atoms with Crippen molar-refractivity contribution >= 4 is 23.6 Å². The average molecular weight is 310 g/mol. The van der Waals surface area contributed by atoms with Crippen LogP contribution in [0.4, 0.5) is 0 Å². The Labute approximate surface area is 124 Å². The average Bonchev–Trinajstić information content (AvgIpc) is 2.90. The molecule has 2 N–H and O–H groups in total. The minimum atomic E-state index is -0.567. The van der Waals surface area contributed by atoms with Crippen molar-refractivity contribution in [2.24, 2.45) is 5.73 Å². The van der Waals surface area contributed by atoms with E-state index in [0.717, 1.165) is 5.57 Å². The van der Waals surface area contributed by atoms with E-state index in [2.05, 4.69) is 15.4 Å². The first kappa shape index (κ1) is 14.0. The number of aromatic nitrogens is 4. The molecule has 1 aromatic rings. The minimum Gasteiger partial charge on any atom is -0.464 e. The highest BCUT2D eigenvalue weighted by Crippen LogP contribution is 2.39. The van der Waals surface area contributed by atoms with Gasteiger partial charge in [0.15, 0.2) is 5.82 Å². The Morgan fingerprint density at radius 2 is 2.33 bits per heavy atom. The van der Waals surface area contributed by atoms with Crippen molar-refractivity contribution in [2.75, 3.05) is 12.9 Å². The third-order valence-electron chi connectivity index (χ3n) is 3.35. The Morgan fingerprint density at radius 3 is 2.95 bits per heavy atom. The molecular formula is C11H14N6O3S. The van der Waals surface area contributed by atoms with Gasteiger partial charge in [0.25, 0.3) is 0 Å². The van der Waals surface area contributed by atoms with Gasteiger partial charge in [0.05, 0.1) is 13.7 Å². The zero-order chi connectivity index (χ0) is 15.1. The summed E-state index contributed by atoms with van der Waals surface area (Å²) in [5, 5.41) is 11.5. The Kier molecular flexibility index (Phi) is 3.41. The van der Waals surface area contributed by atoms with E-state index >= 15 is 0 Å². The maximum atomic E-state index is 12.0. The van der Waals surface area contributed by atoms with Crippen molar-refractivity contribution in [3.05, 3.63) is 17.1 Å². The third kappa shape index (κ3) is 2.20. The summed E-state index contributed by atoms with van der Waals surface area (Å²) in [7, 11) is 1.28. The number of hydrogen-bond acceptors (Lipinski definition) is 8. The van der Waals surface area contributed by atoms with E-state index in [9.17, 15) is 9.59 Å². The molecule has 0 bridgehead atoms. The van der Waals surface area contributed by atoms with Crippen LogP contribution in [0.3, 0.4) is 0 Å². The molecule has 9 nitrogen and oxygen atoms in total. The maximum absolute atomic E-state index is 12.0. The standard InChI is InChI=1S/C11H14N6O3S/c1-5-13-15-16(14-5)3-6-4-21-10-7(12)9(18)17(10)8(6)11(19)20-2/h7,10H,3-4,12H2,1-2H3/t7?,10-/m0/s1. The number of rotatable bonds is 3. The number of aryl methyl sites for hydroxylation is 1. The van der Waals surface area contributed by atoms with Gasteiger partial charge in [0.2, 0.25) is 5.91 Å². The molecule has 2 aliphatic heterocycles. The molecule has 10 heteroatoms. The van der Waals surface area contributed by atoms with Crippen molar-refractivity contribution in [3.63, 3.8) is 0 Å². The van der Waals surface area contributed by atoms with Crippen LogP contribution in [-0.2, 0) is 20.9 Å². The topological polar surface area (TPSA) is 116 Å². The molecule has 1 fully saturated rings. The van der Waals surface area contributed by atoms with Gasteiger partial charge in [-0.1, -0.05) is 0 Å². The third-order valence-corrected chi connectivity index (χ3v) is 4.71. The second kappa shape index (κ2) is 5.11. The van der Waals surface area contributed by atoms with Gasteiger partial charge in [-0.2, -0.15) is 4.80 Å². The number of thioether (sulfide) groups is 1. The van der Waals surface area contributed by atoms with Gasteiger partial charge in [0.1, 0.15) is 17.1 Å². The molecule has 1 aromatic heterocycles. The molecule has 0 spiro atoms. The van der Waals surface area contributed by atoms with Crippen LogP contribution in [0.1, 0.15) is 5.82 Å². The number of esters is 1. The Morgan fingerprint density at radius 1 is 1.57 bits per heavy atom. The molecule has 21 heavy (non-hydrogen) atoms. The van der Waals surface area contributed by atoms with E-state index in [1.807, 2.05) is 0 Å². The lowest BCUT2D eigenvalue weighted by Gasteiger charge is -2.48. The highest BCUT2D eigenvalue weighted by molar-refractivity contribution is 8.00. The van der Waals surface area contributed by atoms with E-state index in [0.29, 0.717) is 11.6 Å². The lowest BCUT2D eigenvalue weighted by Crippen LogP contribution is -2.68. The summed E-state index contributed by atoms with van der Waals surface area (Å²) < 4.78 is 4.79. The summed E-state index contributed by atoms with van der Waals surface area (Å²) in [5.74, 6) is 0.284. The Hall–Kier alpha value is -1.94. The van der Waals surface area contributed by atoms with Crippen LogP contribution >= 0.6 is 11.8 Å². The highest BCUT2D eigenvalue weighted by Gasteiger charge is 2.52. The Balaban J connectivity index is 1.95. The van der Waals surface area contributed by atoms with Gasteiger partial charge in [-0.25, -0.2) is 4.79 Å². The van der Waals surface area contributed by atoms with Crippen LogP contribution in [0.5, 0.6) is 0 Å². The van der Waals surface area contributed by atoms with Crippen molar-refractivity contribution in [1.82, 2.24) is 25.1 Å². The van der Waals surface area contributed by atoms with E-state index in [1.165, 1.54) is 28.6 Å². The van der Waals surface area contributed by atoms with Crippen LogP contribution in [0.2, 0.25) is 0 Å². The molecule has 3 rings (SSSR count). The molecule has 112 valence electrons. The van der Waals surface area contributed by atoms with Crippen molar-refractivity contribution in [1.29, 1.82) is 0 Å². The van der Waals surface area contributed by atoms with Crippen molar-refractivity contribution in [2.45, 2.75) is 24.9 Å². The lowest BCUT2D eigenvalue weighted by atomic mass is 10.0. The number of tetrazole rings is 1. The van der Waals surface area contributed by atoms with E-state index < -0.39 is 12.0 Å². The summed E-state index contributed by atoms with van der Waals surface area (Å²) in [6.07, 6.45) is 0. The largest absolute Gasteiger partial charge is 0.464 e. The summed E-state index contributed by atoms with van der Waals surface area (Å²) in [5.41, 5.74) is 6.73. The fourth-order valence-corrected chi connectivity index (χ4v) is 3.63. The normalized spacial score (nSPS) is 24.7. The number of carbonyl (C=O) groups excluding carboxylic acids is 2. The van der Waals surface area contributed by atoms with Crippen molar-refractivity contribution < 1.29 is 14.3 Å². The second-order valence-electron chi connectivity index (χ2n) is 4.75. The van der Waals surface area contributed by atoms with Crippen LogP contribution in [-0.4, -0.2) is 61.3 Å². The SMILES string of the molecule is COC(=O)C1=C(Cn2nnc(C)n2)CS[C@H]2C(N)C(=O)N12. The Bertz CT molecular complexity index is 642. The highest BCUT2D eigenvalue weighted by atomic mass is 32.2. The number of methoxy groups -OCH3 is 1. The molecule has 1 unspecified atom stereocenters. The fraction of sp³-hybridized carbons (Fsp3) is 0.545. The van der Waals surface area contributed by atoms with Gasteiger partial charge in [-0.3, -0.25) is 9.69 Å². The molecule has 0 radical (unpaired) electrons. The second-order valence-corrected chi connectivity index (χ2v) is 5.85. The van der Waals surface area contributed by atoms with Crippen LogP contribution in [0.25, 0.3) is 0 Å². The molecule has 3 heterocycles. The predicted octanol–water partition coefficient (Wildman–Crippen LogP) is -1.35. The molecule has 0 saturated carbocycles. The van der Waals surface area contributed by atoms with Gasteiger partial charge in [-0.15, -0.1) is 22.0 Å². The lowest BCUT2D eigenvalue weighted by molar-refractivity contribution is -0.149. The fourth-order valence-electron chi connectivity index (χ4n) is 2.35. The van der Waals surface area contributed by atoms with Crippen LogP contribution in [0, 0.1) is 6.92 Å². The van der Waals surface area contributed by atoms with E-state index in [-0.39, 0.29) is 23.5 Å². The monoisotopic (exact) mass is 310 g/mol. The first-order valence-electron chi connectivity index (χ1n) is 6.28. The number of β-lactam (4-membered cyclic amide) rings is 1. The van der Waals surface area contributed by atoms with Crippen LogP contribution < -0.4 is 5.73 Å². The van der Waals surface area contributed by atoms with E-state index in [1.54, 1.807) is 6.92 Å². The summed E-state index contributed by atoms with van der Waals surface area (Å²) in [6, 6.07) is -0.567. The molecule has 0 aliphatic carbocycles. The molecule has 2 aliphatic rings. The van der Waals surface area contributed by atoms with Crippen LogP contribution in [0.15, 0.2) is 11.3 Å². The quantitative estimate of drug-likeness (QED) is 0.538. The summed E-state index contributed by atoms with van der Waals surface area (Å²) >= 11 is 1.52. The molecule has 1 amide bonds. The van der Waals surface area contributed by atoms with E-state index in [4.69, 9.17) is 10.5 Å². The van der Waals surface area contributed by atoms with Gasteiger partial charge in [-0.05, 0) is 17.7 Å². The molecule has 2 atom stereocenters. The first-order chi connectivity index (χ1) is 10.0.